The number of carbonyl (C=O) groups excluding carboxylic acids is 1. The summed E-state index contributed by atoms with van der Waals surface area (Å²) < 4.78 is 5.35. The van der Waals surface area contributed by atoms with Crippen LogP contribution in [0, 0.1) is 6.92 Å². The molecular weight excluding hydrogens is 656 g/mol. The van der Waals surface area contributed by atoms with Crippen LogP contribution < -0.4 is 16.0 Å². The van der Waals surface area contributed by atoms with Crippen molar-refractivity contribution in [3.05, 3.63) is 126 Å². The molecule has 2 aromatic carbocycles. The van der Waals surface area contributed by atoms with Gasteiger partial charge in [0.05, 0.1) is 25.6 Å². The highest BCUT2D eigenvalue weighted by Crippen LogP contribution is 2.18. The Balaban J connectivity index is 0.000000198. The molecule has 4 aromatic heterocycles. The van der Waals surface area contributed by atoms with Gasteiger partial charge in [-0.15, -0.1) is 0 Å². The molecule has 5 N–H and O–H groups in total. The number of aromatic amines is 2. The number of carbonyl (C=O) groups is 1. The van der Waals surface area contributed by atoms with Gasteiger partial charge in [0.15, 0.2) is 11.6 Å². The van der Waals surface area contributed by atoms with E-state index >= 15 is 0 Å². The molecule has 14 nitrogen and oxygen atoms in total. The predicted molar refractivity (Wildman–Crippen MR) is 204 cm³/mol. The summed E-state index contributed by atoms with van der Waals surface area (Å²) in [4.78, 5) is 32.4. The average molecular weight is 697 g/mol. The minimum atomic E-state index is -0.0869. The molecule has 1 amide bonds. The molecule has 264 valence electrons. The number of nitrogens with one attached hydrogen (secondary N) is 5. The van der Waals surface area contributed by atoms with E-state index in [2.05, 4.69) is 80.2 Å². The predicted octanol–water partition coefficient (Wildman–Crippen LogP) is 6.20. The summed E-state index contributed by atoms with van der Waals surface area (Å²) in [6.07, 6.45) is 13.1. The van der Waals surface area contributed by atoms with Gasteiger partial charge in [-0.3, -0.25) is 19.9 Å². The van der Waals surface area contributed by atoms with Crippen molar-refractivity contribution >= 4 is 59.3 Å². The van der Waals surface area contributed by atoms with Gasteiger partial charge in [-0.25, -0.2) is 19.9 Å². The van der Waals surface area contributed by atoms with Crippen LogP contribution in [-0.4, -0.2) is 84.0 Å². The van der Waals surface area contributed by atoms with E-state index in [9.17, 15) is 4.79 Å². The minimum absolute atomic E-state index is 0.0869. The second-order valence-corrected chi connectivity index (χ2v) is 11.7. The van der Waals surface area contributed by atoms with Crippen LogP contribution in [0.5, 0.6) is 0 Å². The summed E-state index contributed by atoms with van der Waals surface area (Å²) in [5.74, 6) is 4.25. The Morgan fingerprint density at radius 1 is 0.731 bits per heavy atom. The van der Waals surface area contributed by atoms with E-state index in [0.29, 0.717) is 55.3 Å². The summed E-state index contributed by atoms with van der Waals surface area (Å²) in [6, 6.07) is 25.4. The highest BCUT2D eigenvalue weighted by atomic mass is 16.5. The molecule has 0 atom stereocenters. The maximum absolute atomic E-state index is 12.5. The SMILES string of the molecule is C(=C\c1nccc(Nc2ccn[nH]2)n1)/c1ccccc1.Cc1ccc(/C=C/c2nc(NC(=O)CCN3CCOCC3)cc(Nc3ccn[nH]3)n2)cc1. The van der Waals surface area contributed by atoms with E-state index in [-0.39, 0.29) is 5.91 Å². The lowest BCUT2D eigenvalue weighted by atomic mass is 10.1. The molecule has 7 rings (SSSR count). The molecule has 52 heavy (non-hydrogen) atoms. The van der Waals surface area contributed by atoms with E-state index in [1.807, 2.05) is 72.8 Å². The number of benzene rings is 2. The lowest BCUT2D eigenvalue weighted by Crippen LogP contribution is -2.38. The van der Waals surface area contributed by atoms with Crippen molar-refractivity contribution in [2.24, 2.45) is 0 Å². The van der Waals surface area contributed by atoms with Gasteiger partial charge < -0.3 is 20.7 Å². The molecule has 0 spiro atoms. The van der Waals surface area contributed by atoms with Gasteiger partial charge in [0.1, 0.15) is 29.1 Å². The first-order valence-electron chi connectivity index (χ1n) is 16.9. The van der Waals surface area contributed by atoms with Crippen molar-refractivity contribution in [3.8, 4) is 0 Å². The normalized spacial score (nSPS) is 13.1. The first-order valence-corrected chi connectivity index (χ1v) is 16.9. The maximum atomic E-state index is 12.5. The van der Waals surface area contributed by atoms with Crippen molar-refractivity contribution in [1.29, 1.82) is 0 Å². The monoisotopic (exact) mass is 696 g/mol. The van der Waals surface area contributed by atoms with Gasteiger partial charge in [0.2, 0.25) is 5.91 Å². The maximum Gasteiger partial charge on any atom is 0.226 e. The van der Waals surface area contributed by atoms with Gasteiger partial charge in [0, 0.05) is 50.5 Å². The quantitative estimate of drug-likeness (QED) is 0.0986. The molecule has 0 bridgehead atoms. The number of hydrogen-bond donors (Lipinski definition) is 5. The molecule has 0 unspecified atom stereocenters. The van der Waals surface area contributed by atoms with Crippen molar-refractivity contribution in [3.63, 3.8) is 0 Å². The molecule has 1 aliphatic heterocycles. The van der Waals surface area contributed by atoms with E-state index in [1.54, 1.807) is 36.8 Å². The summed E-state index contributed by atoms with van der Waals surface area (Å²) in [7, 11) is 0. The summed E-state index contributed by atoms with van der Waals surface area (Å²) in [6.45, 7) is 5.88. The summed E-state index contributed by atoms with van der Waals surface area (Å²) in [5.41, 5.74) is 3.36. The van der Waals surface area contributed by atoms with Crippen LogP contribution in [0.15, 0.2) is 97.5 Å². The van der Waals surface area contributed by atoms with Gasteiger partial charge in [-0.05, 0) is 36.3 Å². The van der Waals surface area contributed by atoms with Crippen molar-refractivity contribution < 1.29 is 9.53 Å². The minimum Gasteiger partial charge on any atom is -0.379 e. The highest BCUT2D eigenvalue weighted by molar-refractivity contribution is 5.90. The Morgan fingerprint density at radius 2 is 1.37 bits per heavy atom. The van der Waals surface area contributed by atoms with Crippen LogP contribution in [0.3, 0.4) is 0 Å². The molecule has 5 heterocycles. The number of nitrogens with zero attached hydrogens (tertiary/aromatic N) is 7. The Kier molecular flexibility index (Phi) is 12.5. The second-order valence-electron chi connectivity index (χ2n) is 11.7. The smallest absolute Gasteiger partial charge is 0.226 e. The standard InChI is InChI=1S/C23H27N7O2.C15H13N5/c1-17-2-4-18(5-3-17)6-7-19-25-21(27-20-8-10-24-29-20)16-22(26-19)28-23(31)9-11-30-12-14-32-15-13-30;1-2-4-12(5-3-1)6-7-13-16-10-8-14(18-13)19-15-9-11-17-20-15/h2-8,10,16H,9,11-15H2,1H3,(H3,24,25,26,27,28,29,31);1-11H,(H2,16,17,18,19,20)/b2*7-6+. The van der Waals surface area contributed by atoms with Gasteiger partial charge >= 0.3 is 0 Å². The van der Waals surface area contributed by atoms with Gasteiger partial charge in [-0.1, -0.05) is 72.3 Å². The fourth-order valence-electron chi connectivity index (χ4n) is 4.99. The third-order valence-electron chi connectivity index (χ3n) is 7.70. The van der Waals surface area contributed by atoms with E-state index in [1.165, 1.54) is 5.56 Å². The fourth-order valence-corrected chi connectivity index (χ4v) is 4.99. The number of morpholine rings is 1. The first-order chi connectivity index (χ1) is 25.5. The van der Waals surface area contributed by atoms with Crippen LogP contribution in [0.25, 0.3) is 24.3 Å². The van der Waals surface area contributed by atoms with E-state index in [4.69, 9.17) is 4.74 Å². The molecule has 1 saturated heterocycles. The number of amides is 1. The Labute approximate surface area is 301 Å². The van der Waals surface area contributed by atoms with Gasteiger partial charge in [0.25, 0.3) is 0 Å². The molecule has 6 aromatic rings. The fraction of sp³-hybridized carbons (Fsp3) is 0.184. The lowest BCUT2D eigenvalue weighted by molar-refractivity contribution is -0.116. The topological polar surface area (TPSA) is 175 Å². The largest absolute Gasteiger partial charge is 0.379 e. The number of rotatable bonds is 12. The molecule has 1 fully saturated rings. The number of aromatic nitrogens is 8. The zero-order valence-electron chi connectivity index (χ0n) is 28.7. The molecule has 0 saturated carbocycles. The molecule has 1 aliphatic rings. The number of ether oxygens (including phenoxy) is 1. The molecular formula is C38H40N12O2. The Bertz CT molecular complexity index is 2020. The third-order valence-corrected chi connectivity index (χ3v) is 7.70. The van der Waals surface area contributed by atoms with Crippen LogP contribution in [-0.2, 0) is 9.53 Å². The third kappa shape index (κ3) is 11.5. The van der Waals surface area contributed by atoms with Gasteiger partial charge in [-0.2, -0.15) is 10.2 Å². The van der Waals surface area contributed by atoms with Crippen LogP contribution in [0.1, 0.15) is 34.8 Å². The summed E-state index contributed by atoms with van der Waals surface area (Å²) in [5, 5.41) is 22.6. The average Bonchev–Trinajstić information content (AvgIpc) is 3.89. The van der Waals surface area contributed by atoms with Crippen molar-refractivity contribution in [2.45, 2.75) is 13.3 Å². The number of aryl methyl sites for hydroxylation is 1. The zero-order valence-corrected chi connectivity index (χ0v) is 28.7. The zero-order chi connectivity index (χ0) is 35.8. The van der Waals surface area contributed by atoms with Crippen LogP contribution in [0.2, 0.25) is 0 Å². The number of anilines is 5. The Hall–Kier alpha value is -6.51. The first kappa shape index (κ1) is 35.3. The summed E-state index contributed by atoms with van der Waals surface area (Å²) >= 11 is 0. The molecule has 14 heteroatoms. The Morgan fingerprint density at radius 3 is 2.06 bits per heavy atom. The lowest BCUT2D eigenvalue weighted by Gasteiger charge is -2.26. The van der Waals surface area contributed by atoms with Crippen LogP contribution >= 0.6 is 0 Å². The highest BCUT2D eigenvalue weighted by Gasteiger charge is 2.13. The second kappa shape index (κ2) is 18.5. The van der Waals surface area contributed by atoms with Crippen molar-refractivity contribution in [1.82, 2.24) is 45.2 Å². The van der Waals surface area contributed by atoms with Crippen molar-refractivity contribution in [2.75, 3.05) is 48.8 Å². The van der Waals surface area contributed by atoms with E-state index < -0.39 is 0 Å². The van der Waals surface area contributed by atoms with E-state index in [0.717, 1.165) is 35.9 Å². The molecule has 0 radical (unpaired) electrons. The number of H-pyrrole nitrogens is 2. The van der Waals surface area contributed by atoms with Crippen LogP contribution in [0.4, 0.5) is 29.1 Å². The molecule has 0 aliphatic carbocycles. The number of hydrogen-bond acceptors (Lipinski definition) is 11.